The van der Waals surface area contributed by atoms with E-state index in [1.807, 2.05) is 42.5 Å². The monoisotopic (exact) mass is 210 g/mol. The van der Waals surface area contributed by atoms with Gasteiger partial charge < -0.3 is 4.90 Å². The van der Waals surface area contributed by atoms with Crippen LogP contribution in [-0.2, 0) is 4.79 Å². The van der Waals surface area contributed by atoms with E-state index in [-0.39, 0.29) is 0 Å². The van der Waals surface area contributed by atoms with Crippen LogP contribution in [0, 0.1) is 11.3 Å². The Kier molecular flexibility index (Phi) is 2.57. The van der Waals surface area contributed by atoms with Crippen molar-refractivity contribution in [2.75, 3.05) is 11.9 Å². The maximum Gasteiger partial charge on any atom is 0.329 e. The van der Waals surface area contributed by atoms with Gasteiger partial charge in [-0.1, -0.05) is 36.4 Å². The van der Waals surface area contributed by atoms with Crippen LogP contribution in [0.15, 0.2) is 42.5 Å². The zero-order valence-corrected chi connectivity index (χ0v) is 8.84. The van der Waals surface area contributed by atoms with Gasteiger partial charge in [0.15, 0.2) is 6.07 Å². The summed E-state index contributed by atoms with van der Waals surface area (Å²) in [6, 6.07) is 15.1. The van der Waals surface area contributed by atoms with Crippen molar-refractivity contribution in [2.24, 2.45) is 0 Å². The minimum absolute atomic E-state index is 0.559. The number of hydrogen-bond acceptors (Lipinski definition) is 2. The van der Waals surface area contributed by atoms with Crippen molar-refractivity contribution in [3.05, 3.63) is 42.5 Å². The highest BCUT2D eigenvalue weighted by Gasteiger charge is 2.11. The fourth-order valence-electron chi connectivity index (χ4n) is 1.69. The fourth-order valence-corrected chi connectivity index (χ4v) is 1.69. The zero-order chi connectivity index (χ0) is 11.5. The molecule has 0 aliphatic carbocycles. The summed E-state index contributed by atoms with van der Waals surface area (Å²) >= 11 is 0. The Bertz CT molecular complexity index is 578. The van der Waals surface area contributed by atoms with E-state index in [2.05, 4.69) is 0 Å². The number of carbonyl (C=O) groups is 1. The number of rotatable bonds is 1. The van der Waals surface area contributed by atoms with Crippen molar-refractivity contribution in [2.45, 2.75) is 0 Å². The van der Waals surface area contributed by atoms with E-state index >= 15 is 0 Å². The SMILES string of the molecule is CN(C(=O)C#N)c1cccc2ccccc12. The Morgan fingerprint density at radius 3 is 2.62 bits per heavy atom. The molecule has 0 heterocycles. The largest absolute Gasteiger partial charge is 0.329 e. The summed E-state index contributed by atoms with van der Waals surface area (Å²) in [6.45, 7) is 0. The smallest absolute Gasteiger partial charge is 0.302 e. The second-order valence-corrected chi connectivity index (χ2v) is 3.47. The Morgan fingerprint density at radius 1 is 1.19 bits per heavy atom. The van der Waals surface area contributed by atoms with E-state index in [1.165, 1.54) is 4.90 Å². The first kappa shape index (κ1) is 10.2. The zero-order valence-electron chi connectivity index (χ0n) is 8.84. The van der Waals surface area contributed by atoms with Crippen LogP contribution in [0.3, 0.4) is 0 Å². The first-order chi connectivity index (χ1) is 7.74. The van der Waals surface area contributed by atoms with Crippen molar-refractivity contribution < 1.29 is 4.79 Å². The van der Waals surface area contributed by atoms with Crippen LogP contribution < -0.4 is 4.90 Å². The molecule has 2 aromatic carbocycles. The standard InChI is InChI=1S/C13H10N2O/c1-15(13(16)9-14)12-8-4-6-10-5-2-3-7-11(10)12/h2-8H,1H3. The fraction of sp³-hybridized carbons (Fsp3) is 0.0769. The topological polar surface area (TPSA) is 44.1 Å². The van der Waals surface area contributed by atoms with Crippen LogP contribution in [0.25, 0.3) is 10.8 Å². The van der Waals surface area contributed by atoms with Gasteiger partial charge in [-0.25, -0.2) is 0 Å². The highest BCUT2D eigenvalue weighted by atomic mass is 16.2. The minimum atomic E-state index is -0.559. The van der Waals surface area contributed by atoms with E-state index in [0.717, 1.165) is 16.5 Å². The van der Waals surface area contributed by atoms with Crippen LogP contribution in [0.4, 0.5) is 5.69 Å². The molecule has 0 aromatic heterocycles. The summed E-state index contributed by atoms with van der Waals surface area (Å²) in [5.74, 6) is -0.559. The molecule has 0 aliphatic heterocycles. The molecule has 0 aliphatic rings. The number of anilines is 1. The molecule has 3 nitrogen and oxygen atoms in total. The van der Waals surface area contributed by atoms with Crippen LogP contribution in [-0.4, -0.2) is 13.0 Å². The van der Waals surface area contributed by atoms with Crippen LogP contribution in [0.1, 0.15) is 0 Å². The molecule has 0 saturated carbocycles. The van der Waals surface area contributed by atoms with Gasteiger partial charge in [0.05, 0.1) is 5.69 Å². The Morgan fingerprint density at radius 2 is 1.88 bits per heavy atom. The number of fused-ring (bicyclic) bond motifs is 1. The maximum atomic E-state index is 11.3. The first-order valence-electron chi connectivity index (χ1n) is 4.89. The molecule has 1 amide bonds. The normalized spacial score (nSPS) is 9.75. The third kappa shape index (κ3) is 1.61. The summed E-state index contributed by atoms with van der Waals surface area (Å²) in [7, 11) is 1.60. The third-order valence-electron chi connectivity index (χ3n) is 2.53. The first-order valence-corrected chi connectivity index (χ1v) is 4.89. The lowest BCUT2D eigenvalue weighted by molar-refractivity contribution is -0.113. The Balaban J connectivity index is 2.61. The average molecular weight is 210 g/mol. The average Bonchev–Trinajstić information content (AvgIpc) is 2.36. The lowest BCUT2D eigenvalue weighted by atomic mass is 10.1. The lowest BCUT2D eigenvalue weighted by Gasteiger charge is -2.15. The van der Waals surface area contributed by atoms with Crippen molar-refractivity contribution in [1.29, 1.82) is 5.26 Å². The van der Waals surface area contributed by atoms with Gasteiger partial charge in [-0.15, -0.1) is 0 Å². The minimum Gasteiger partial charge on any atom is -0.302 e. The highest BCUT2D eigenvalue weighted by molar-refractivity contribution is 6.09. The molecular weight excluding hydrogens is 200 g/mol. The molecule has 0 fully saturated rings. The summed E-state index contributed by atoms with van der Waals surface area (Å²) < 4.78 is 0. The van der Waals surface area contributed by atoms with E-state index in [9.17, 15) is 4.79 Å². The molecule has 0 N–H and O–H groups in total. The summed E-state index contributed by atoms with van der Waals surface area (Å²) in [4.78, 5) is 12.7. The van der Waals surface area contributed by atoms with E-state index < -0.39 is 5.91 Å². The molecule has 0 radical (unpaired) electrons. The highest BCUT2D eigenvalue weighted by Crippen LogP contribution is 2.25. The van der Waals surface area contributed by atoms with Gasteiger partial charge in [0.2, 0.25) is 0 Å². The summed E-state index contributed by atoms with van der Waals surface area (Å²) in [6.07, 6.45) is 0. The molecule has 78 valence electrons. The molecule has 16 heavy (non-hydrogen) atoms. The van der Waals surface area contributed by atoms with Gasteiger partial charge in [0.1, 0.15) is 0 Å². The quantitative estimate of drug-likeness (QED) is 0.678. The number of benzene rings is 2. The maximum absolute atomic E-state index is 11.3. The lowest BCUT2D eigenvalue weighted by Crippen LogP contribution is -2.24. The molecule has 2 rings (SSSR count). The number of carbonyl (C=O) groups excluding carboxylic acids is 1. The van der Waals surface area contributed by atoms with Crippen LogP contribution >= 0.6 is 0 Å². The third-order valence-corrected chi connectivity index (χ3v) is 2.53. The van der Waals surface area contributed by atoms with Crippen molar-refractivity contribution in [3.63, 3.8) is 0 Å². The van der Waals surface area contributed by atoms with Gasteiger partial charge in [-0.05, 0) is 11.5 Å². The van der Waals surface area contributed by atoms with Crippen LogP contribution in [0.2, 0.25) is 0 Å². The van der Waals surface area contributed by atoms with Gasteiger partial charge in [-0.2, -0.15) is 5.26 Å². The van der Waals surface area contributed by atoms with Crippen molar-refractivity contribution in [1.82, 2.24) is 0 Å². The van der Waals surface area contributed by atoms with Gasteiger partial charge in [-0.3, -0.25) is 4.79 Å². The number of nitriles is 1. The van der Waals surface area contributed by atoms with E-state index in [0.29, 0.717) is 0 Å². The van der Waals surface area contributed by atoms with E-state index in [1.54, 1.807) is 13.1 Å². The number of nitrogens with zero attached hydrogens (tertiary/aromatic N) is 2. The van der Waals surface area contributed by atoms with Crippen molar-refractivity contribution in [3.8, 4) is 6.07 Å². The molecule has 3 heteroatoms. The molecular formula is C13H10N2O. The summed E-state index contributed by atoms with van der Waals surface area (Å²) in [5, 5.41) is 10.6. The second-order valence-electron chi connectivity index (χ2n) is 3.47. The van der Waals surface area contributed by atoms with Gasteiger partial charge >= 0.3 is 5.91 Å². The van der Waals surface area contributed by atoms with Crippen LogP contribution in [0.5, 0.6) is 0 Å². The molecule has 2 aromatic rings. The Labute approximate surface area is 93.5 Å². The molecule has 0 bridgehead atoms. The van der Waals surface area contributed by atoms with E-state index in [4.69, 9.17) is 5.26 Å². The molecule has 0 atom stereocenters. The predicted molar refractivity (Wildman–Crippen MR) is 63.0 cm³/mol. The number of hydrogen-bond donors (Lipinski definition) is 0. The summed E-state index contributed by atoms with van der Waals surface area (Å²) in [5.41, 5.74) is 0.754. The number of amides is 1. The second kappa shape index (κ2) is 4.03. The molecule has 0 unspecified atom stereocenters. The van der Waals surface area contributed by atoms with Crippen molar-refractivity contribution >= 4 is 22.4 Å². The van der Waals surface area contributed by atoms with Gasteiger partial charge in [0.25, 0.3) is 0 Å². The Hall–Kier alpha value is -2.34. The molecule has 0 saturated heterocycles. The molecule has 0 spiro atoms. The van der Waals surface area contributed by atoms with Gasteiger partial charge in [0, 0.05) is 12.4 Å². The predicted octanol–water partition coefficient (Wildman–Crippen LogP) is 2.33.